The topological polar surface area (TPSA) is 63.0 Å². The zero-order chi connectivity index (χ0) is 15.4. The lowest BCUT2D eigenvalue weighted by Crippen LogP contribution is -2.11. The molecule has 0 radical (unpaired) electrons. The Balaban J connectivity index is 2.14. The maximum atomic E-state index is 5.59. The first-order valence-electron chi connectivity index (χ1n) is 7.42. The first kappa shape index (κ1) is 15.4. The minimum absolute atomic E-state index is 0.135. The Kier molecular flexibility index (Phi) is 4.83. The van der Waals surface area contributed by atoms with Gasteiger partial charge in [-0.25, -0.2) is 4.98 Å². The molecular formula is C16H24N4O. The van der Waals surface area contributed by atoms with Crippen LogP contribution in [0.2, 0.25) is 0 Å². The average molecular weight is 288 g/mol. The molecule has 0 spiro atoms. The highest BCUT2D eigenvalue weighted by Crippen LogP contribution is 2.24. The summed E-state index contributed by atoms with van der Waals surface area (Å²) in [6.45, 7) is 11.0. The Hall–Kier alpha value is -2.04. The smallest absolute Gasteiger partial charge is 0.224 e. The molecule has 0 fully saturated rings. The molecule has 2 N–H and O–H groups in total. The van der Waals surface area contributed by atoms with Crippen LogP contribution in [0.1, 0.15) is 49.1 Å². The van der Waals surface area contributed by atoms with E-state index in [-0.39, 0.29) is 6.04 Å². The largest absolute Gasteiger partial charge is 0.466 e. The second kappa shape index (κ2) is 6.61. The standard InChI is InChI=1S/C16H24N4O/c1-6-7-17-16-18-10(2)8-15(20-16)19-12(4)14-9-11(3)21-13(14)5/h8-9,12H,6-7H2,1-5H3,(H2,17,18,19,20). The predicted octanol–water partition coefficient (Wildman–Crippen LogP) is 3.99. The van der Waals surface area contributed by atoms with Gasteiger partial charge in [0.2, 0.25) is 5.95 Å². The predicted molar refractivity (Wildman–Crippen MR) is 85.8 cm³/mol. The zero-order valence-electron chi connectivity index (χ0n) is 13.4. The Labute approximate surface area is 126 Å². The maximum Gasteiger partial charge on any atom is 0.224 e. The number of hydrogen-bond donors (Lipinski definition) is 2. The molecule has 0 aromatic carbocycles. The summed E-state index contributed by atoms with van der Waals surface area (Å²) in [5.41, 5.74) is 2.10. The molecule has 0 saturated heterocycles. The van der Waals surface area contributed by atoms with E-state index in [1.54, 1.807) is 0 Å². The van der Waals surface area contributed by atoms with Crippen molar-refractivity contribution in [1.82, 2.24) is 9.97 Å². The Morgan fingerprint density at radius 1 is 1.19 bits per heavy atom. The summed E-state index contributed by atoms with van der Waals surface area (Å²) in [5.74, 6) is 3.38. The van der Waals surface area contributed by atoms with Crippen LogP contribution in [0.4, 0.5) is 11.8 Å². The summed E-state index contributed by atoms with van der Waals surface area (Å²) in [4.78, 5) is 8.90. The van der Waals surface area contributed by atoms with Crippen LogP contribution in [0, 0.1) is 20.8 Å². The van der Waals surface area contributed by atoms with E-state index in [0.29, 0.717) is 5.95 Å². The second-order valence-corrected chi connectivity index (χ2v) is 5.38. The molecule has 21 heavy (non-hydrogen) atoms. The van der Waals surface area contributed by atoms with Crippen LogP contribution < -0.4 is 10.6 Å². The summed E-state index contributed by atoms with van der Waals surface area (Å²) in [6, 6.07) is 4.16. The van der Waals surface area contributed by atoms with E-state index in [9.17, 15) is 0 Å². The molecule has 0 saturated carbocycles. The Morgan fingerprint density at radius 3 is 2.57 bits per heavy atom. The summed E-state index contributed by atoms with van der Waals surface area (Å²) < 4.78 is 5.59. The molecule has 0 amide bonds. The molecule has 5 heteroatoms. The number of anilines is 2. The third-order valence-electron chi connectivity index (χ3n) is 3.30. The Morgan fingerprint density at radius 2 is 1.95 bits per heavy atom. The van der Waals surface area contributed by atoms with Crippen molar-refractivity contribution in [3.05, 3.63) is 34.9 Å². The van der Waals surface area contributed by atoms with E-state index in [2.05, 4.69) is 40.5 Å². The normalized spacial score (nSPS) is 12.2. The lowest BCUT2D eigenvalue weighted by atomic mass is 10.1. The van der Waals surface area contributed by atoms with Crippen LogP contribution in [0.25, 0.3) is 0 Å². The first-order chi connectivity index (χ1) is 9.99. The van der Waals surface area contributed by atoms with Gasteiger partial charge in [-0.3, -0.25) is 0 Å². The number of aryl methyl sites for hydroxylation is 3. The van der Waals surface area contributed by atoms with E-state index in [0.717, 1.165) is 41.6 Å². The molecule has 5 nitrogen and oxygen atoms in total. The number of nitrogens with one attached hydrogen (secondary N) is 2. The molecule has 2 rings (SSSR count). The van der Waals surface area contributed by atoms with Gasteiger partial charge in [-0.1, -0.05) is 6.92 Å². The number of furan rings is 1. The summed E-state index contributed by atoms with van der Waals surface area (Å²) in [5, 5.41) is 6.64. The van der Waals surface area contributed by atoms with Crippen molar-refractivity contribution < 1.29 is 4.42 Å². The number of aromatic nitrogens is 2. The first-order valence-corrected chi connectivity index (χ1v) is 7.42. The van der Waals surface area contributed by atoms with Crippen LogP contribution in [0.15, 0.2) is 16.5 Å². The lowest BCUT2D eigenvalue weighted by molar-refractivity contribution is 0.500. The maximum absolute atomic E-state index is 5.59. The summed E-state index contributed by atoms with van der Waals surface area (Å²) >= 11 is 0. The third-order valence-corrected chi connectivity index (χ3v) is 3.30. The van der Waals surface area contributed by atoms with Gasteiger partial charge in [0.1, 0.15) is 17.3 Å². The molecule has 2 heterocycles. The van der Waals surface area contributed by atoms with Crippen molar-refractivity contribution >= 4 is 11.8 Å². The summed E-state index contributed by atoms with van der Waals surface area (Å²) in [7, 11) is 0. The zero-order valence-corrected chi connectivity index (χ0v) is 13.4. The van der Waals surface area contributed by atoms with Crippen LogP contribution in [0.5, 0.6) is 0 Å². The van der Waals surface area contributed by atoms with E-state index in [1.165, 1.54) is 0 Å². The molecule has 114 valence electrons. The number of nitrogens with zero attached hydrogens (tertiary/aromatic N) is 2. The van der Waals surface area contributed by atoms with Gasteiger partial charge in [-0.2, -0.15) is 4.98 Å². The minimum atomic E-state index is 0.135. The van der Waals surface area contributed by atoms with Gasteiger partial charge < -0.3 is 15.1 Å². The Bertz CT molecular complexity index is 606. The van der Waals surface area contributed by atoms with Crippen LogP contribution in [0.3, 0.4) is 0 Å². The van der Waals surface area contributed by atoms with Crippen molar-refractivity contribution in [1.29, 1.82) is 0 Å². The van der Waals surface area contributed by atoms with Crippen molar-refractivity contribution in [3.63, 3.8) is 0 Å². The summed E-state index contributed by atoms with van der Waals surface area (Å²) in [6.07, 6.45) is 1.05. The van der Waals surface area contributed by atoms with Gasteiger partial charge in [-0.05, 0) is 40.2 Å². The fourth-order valence-electron chi connectivity index (χ4n) is 2.34. The van der Waals surface area contributed by atoms with Gasteiger partial charge in [-0.15, -0.1) is 0 Å². The minimum Gasteiger partial charge on any atom is -0.466 e. The molecular weight excluding hydrogens is 264 g/mol. The van der Waals surface area contributed by atoms with Crippen molar-refractivity contribution in [3.8, 4) is 0 Å². The average Bonchev–Trinajstić information content (AvgIpc) is 2.75. The van der Waals surface area contributed by atoms with Gasteiger partial charge in [0.05, 0.1) is 6.04 Å². The number of hydrogen-bond acceptors (Lipinski definition) is 5. The SMILES string of the molecule is CCCNc1nc(C)cc(NC(C)c2cc(C)oc2C)n1. The van der Waals surface area contributed by atoms with Crippen LogP contribution in [-0.2, 0) is 0 Å². The monoisotopic (exact) mass is 288 g/mol. The molecule has 1 atom stereocenters. The molecule has 0 aliphatic rings. The van der Waals surface area contributed by atoms with E-state index in [4.69, 9.17) is 4.42 Å². The molecule has 1 unspecified atom stereocenters. The lowest BCUT2D eigenvalue weighted by Gasteiger charge is -2.15. The number of rotatable bonds is 6. The van der Waals surface area contributed by atoms with Crippen LogP contribution >= 0.6 is 0 Å². The second-order valence-electron chi connectivity index (χ2n) is 5.38. The van der Waals surface area contributed by atoms with Gasteiger partial charge in [0.15, 0.2) is 0 Å². The van der Waals surface area contributed by atoms with Gasteiger partial charge in [0.25, 0.3) is 0 Å². The van der Waals surface area contributed by atoms with Crippen molar-refractivity contribution in [2.24, 2.45) is 0 Å². The van der Waals surface area contributed by atoms with Crippen LogP contribution in [-0.4, -0.2) is 16.5 Å². The molecule has 2 aromatic rings. The van der Waals surface area contributed by atoms with E-state index in [1.807, 2.05) is 26.8 Å². The molecule has 0 aliphatic carbocycles. The highest BCUT2D eigenvalue weighted by atomic mass is 16.3. The van der Waals surface area contributed by atoms with Crippen molar-refractivity contribution in [2.45, 2.75) is 47.1 Å². The van der Waals surface area contributed by atoms with Gasteiger partial charge >= 0.3 is 0 Å². The third kappa shape index (κ3) is 3.97. The molecule has 0 bridgehead atoms. The fourth-order valence-corrected chi connectivity index (χ4v) is 2.34. The molecule has 2 aromatic heterocycles. The highest BCUT2D eigenvalue weighted by molar-refractivity contribution is 5.44. The van der Waals surface area contributed by atoms with E-state index >= 15 is 0 Å². The van der Waals surface area contributed by atoms with Gasteiger partial charge in [0, 0.05) is 23.9 Å². The quantitative estimate of drug-likeness (QED) is 0.841. The molecule has 0 aliphatic heterocycles. The fraction of sp³-hybridized carbons (Fsp3) is 0.500. The van der Waals surface area contributed by atoms with E-state index < -0.39 is 0 Å². The van der Waals surface area contributed by atoms with Crippen molar-refractivity contribution in [2.75, 3.05) is 17.2 Å². The highest BCUT2D eigenvalue weighted by Gasteiger charge is 2.13.